The van der Waals surface area contributed by atoms with Crippen LogP contribution in [0.4, 0.5) is 0 Å². The number of thioether (sulfide) groups is 1. The maximum absolute atomic E-state index is 8.47. The molecule has 0 spiro atoms. The largest absolute Gasteiger partial charge is 0.248 e. The van der Waals surface area contributed by atoms with Gasteiger partial charge >= 0.3 is 0 Å². The zero-order valence-corrected chi connectivity index (χ0v) is 8.77. The molecule has 0 bridgehead atoms. The number of rotatable bonds is 3. The number of aromatic nitrogens is 1. The van der Waals surface area contributed by atoms with E-state index in [0.717, 1.165) is 5.03 Å². The third-order valence-electron chi connectivity index (χ3n) is 1.42. The molecular formula is C9H9ClN2S. The summed E-state index contributed by atoms with van der Waals surface area (Å²) in [5.41, 5.74) is 0. The summed E-state index contributed by atoms with van der Waals surface area (Å²) in [4.78, 5) is 4.12. The summed E-state index contributed by atoms with van der Waals surface area (Å²) in [7, 11) is 0. The van der Waals surface area contributed by atoms with Crippen LogP contribution in [0.5, 0.6) is 0 Å². The van der Waals surface area contributed by atoms with Gasteiger partial charge in [-0.15, -0.1) is 11.8 Å². The number of hydrogen-bond donors (Lipinski definition) is 0. The molecule has 0 saturated heterocycles. The van der Waals surface area contributed by atoms with E-state index in [9.17, 15) is 0 Å². The molecule has 1 unspecified atom stereocenters. The summed E-state index contributed by atoms with van der Waals surface area (Å²) < 4.78 is 0. The van der Waals surface area contributed by atoms with E-state index in [4.69, 9.17) is 16.9 Å². The molecule has 0 aliphatic rings. The van der Waals surface area contributed by atoms with Crippen LogP contribution in [0.25, 0.3) is 0 Å². The highest BCUT2D eigenvalue weighted by atomic mass is 35.5. The summed E-state index contributed by atoms with van der Waals surface area (Å²) >= 11 is 7.43. The van der Waals surface area contributed by atoms with Gasteiger partial charge in [-0.3, -0.25) is 0 Å². The quantitative estimate of drug-likeness (QED) is 0.723. The summed E-state index contributed by atoms with van der Waals surface area (Å²) in [6, 6.07) is 5.71. The molecule has 0 aliphatic carbocycles. The molecule has 4 heteroatoms. The van der Waals surface area contributed by atoms with Crippen molar-refractivity contribution in [3.8, 4) is 6.07 Å². The van der Waals surface area contributed by atoms with Crippen LogP contribution in [0.3, 0.4) is 0 Å². The van der Waals surface area contributed by atoms with Crippen LogP contribution in [0.2, 0.25) is 5.02 Å². The lowest BCUT2D eigenvalue weighted by molar-refractivity contribution is 0.979. The van der Waals surface area contributed by atoms with Crippen molar-refractivity contribution in [2.45, 2.75) is 23.6 Å². The molecule has 0 N–H and O–H groups in total. The van der Waals surface area contributed by atoms with Crippen molar-refractivity contribution in [2.24, 2.45) is 0 Å². The minimum atomic E-state index is 0.234. The molecule has 0 amide bonds. The van der Waals surface area contributed by atoms with Crippen molar-refractivity contribution in [1.82, 2.24) is 4.98 Å². The fourth-order valence-corrected chi connectivity index (χ4v) is 1.92. The zero-order chi connectivity index (χ0) is 9.68. The molecule has 1 heterocycles. The van der Waals surface area contributed by atoms with Gasteiger partial charge in [-0.2, -0.15) is 5.26 Å². The van der Waals surface area contributed by atoms with Crippen molar-refractivity contribution < 1.29 is 0 Å². The van der Waals surface area contributed by atoms with Crippen LogP contribution < -0.4 is 0 Å². The van der Waals surface area contributed by atoms with Crippen LogP contribution in [0.1, 0.15) is 13.3 Å². The minimum Gasteiger partial charge on any atom is -0.248 e. The molecule has 2 nitrogen and oxygen atoms in total. The molecule has 0 fully saturated rings. The number of pyridine rings is 1. The topological polar surface area (TPSA) is 36.7 Å². The Kier molecular flexibility index (Phi) is 4.07. The molecule has 0 saturated carbocycles. The highest BCUT2D eigenvalue weighted by molar-refractivity contribution is 7.99. The Morgan fingerprint density at radius 3 is 3.15 bits per heavy atom. The van der Waals surface area contributed by atoms with E-state index < -0.39 is 0 Å². The molecule has 0 aromatic carbocycles. The van der Waals surface area contributed by atoms with Crippen molar-refractivity contribution in [3.63, 3.8) is 0 Å². The second kappa shape index (κ2) is 5.11. The van der Waals surface area contributed by atoms with Gasteiger partial charge < -0.3 is 0 Å². The first-order valence-corrected chi connectivity index (χ1v) is 5.14. The van der Waals surface area contributed by atoms with Gasteiger partial charge in [-0.05, 0) is 12.1 Å². The van der Waals surface area contributed by atoms with Crippen LogP contribution in [-0.2, 0) is 0 Å². The van der Waals surface area contributed by atoms with E-state index in [-0.39, 0.29) is 5.25 Å². The van der Waals surface area contributed by atoms with E-state index in [0.29, 0.717) is 11.4 Å². The van der Waals surface area contributed by atoms with Crippen LogP contribution >= 0.6 is 23.4 Å². The van der Waals surface area contributed by atoms with Crippen molar-refractivity contribution in [2.75, 3.05) is 0 Å². The van der Waals surface area contributed by atoms with Gasteiger partial charge in [0, 0.05) is 17.9 Å². The number of halogens is 1. The zero-order valence-electron chi connectivity index (χ0n) is 7.20. The van der Waals surface area contributed by atoms with Gasteiger partial charge in [0.25, 0.3) is 0 Å². The minimum absolute atomic E-state index is 0.234. The van der Waals surface area contributed by atoms with Gasteiger partial charge in [0.2, 0.25) is 0 Å². The predicted molar refractivity (Wildman–Crippen MR) is 54.8 cm³/mol. The first-order chi connectivity index (χ1) is 6.24. The summed E-state index contributed by atoms with van der Waals surface area (Å²) in [6.45, 7) is 1.99. The lowest BCUT2D eigenvalue weighted by atomic mass is 10.4. The molecule has 1 aromatic rings. The van der Waals surface area contributed by atoms with Crippen LogP contribution in [0, 0.1) is 11.3 Å². The second-order valence-corrected chi connectivity index (χ2v) is 4.42. The Balaban J connectivity index is 2.64. The highest BCUT2D eigenvalue weighted by Gasteiger charge is 2.07. The van der Waals surface area contributed by atoms with Gasteiger partial charge in [0.1, 0.15) is 5.03 Å². The molecular weight excluding hydrogens is 204 g/mol. The summed E-state index contributed by atoms with van der Waals surface area (Å²) in [5, 5.41) is 10.1. The second-order valence-electron chi connectivity index (χ2n) is 2.58. The van der Waals surface area contributed by atoms with Crippen molar-refractivity contribution in [1.29, 1.82) is 5.26 Å². The molecule has 0 aliphatic heterocycles. The Morgan fingerprint density at radius 1 is 1.77 bits per heavy atom. The van der Waals surface area contributed by atoms with Gasteiger partial charge in [-0.25, -0.2) is 4.98 Å². The Hall–Kier alpha value is -0.720. The van der Waals surface area contributed by atoms with Crippen LogP contribution in [0.15, 0.2) is 23.4 Å². The van der Waals surface area contributed by atoms with Gasteiger partial charge in [0.15, 0.2) is 0 Å². The molecule has 68 valence electrons. The monoisotopic (exact) mass is 212 g/mol. The Bertz CT molecular complexity index is 322. The SMILES string of the molecule is CC(CC#N)Sc1ncccc1Cl. The summed E-state index contributed by atoms with van der Waals surface area (Å²) in [5.74, 6) is 0. The van der Waals surface area contributed by atoms with E-state index >= 15 is 0 Å². The predicted octanol–water partition coefficient (Wildman–Crippen LogP) is 3.13. The fourth-order valence-electron chi connectivity index (χ4n) is 0.819. The van der Waals surface area contributed by atoms with E-state index in [1.54, 1.807) is 18.3 Å². The standard InChI is InChI=1S/C9H9ClN2S/c1-7(4-5-11)13-9-8(10)3-2-6-12-9/h2-3,6-7H,4H2,1H3. The van der Waals surface area contributed by atoms with Crippen molar-refractivity contribution in [3.05, 3.63) is 23.4 Å². The molecule has 1 rings (SSSR count). The highest BCUT2D eigenvalue weighted by Crippen LogP contribution is 2.28. The molecule has 1 atom stereocenters. The average Bonchev–Trinajstić information content (AvgIpc) is 2.09. The Morgan fingerprint density at radius 2 is 2.54 bits per heavy atom. The molecule has 0 radical (unpaired) electrons. The number of nitrogens with zero attached hydrogens (tertiary/aromatic N) is 2. The lowest BCUT2D eigenvalue weighted by Crippen LogP contribution is -1.94. The van der Waals surface area contributed by atoms with Gasteiger partial charge in [0.05, 0.1) is 11.1 Å². The Labute approximate surface area is 86.9 Å². The molecule has 13 heavy (non-hydrogen) atoms. The number of hydrogen-bond acceptors (Lipinski definition) is 3. The third kappa shape index (κ3) is 3.25. The van der Waals surface area contributed by atoms with E-state index in [1.807, 2.05) is 6.92 Å². The maximum atomic E-state index is 8.47. The normalized spacial score (nSPS) is 12.1. The number of nitriles is 1. The molecule has 1 aromatic heterocycles. The van der Waals surface area contributed by atoms with Crippen molar-refractivity contribution >= 4 is 23.4 Å². The average molecular weight is 213 g/mol. The van der Waals surface area contributed by atoms with Gasteiger partial charge in [-0.1, -0.05) is 18.5 Å². The smallest absolute Gasteiger partial charge is 0.115 e. The fraction of sp³-hybridized carbons (Fsp3) is 0.333. The first kappa shape index (κ1) is 10.4. The van der Waals surface area contributed by atoms with Crippen LogP contribution in [-0.4, -0.2) is 10.2 Å². The third-order valence-corrected chi connectivity index (χ3v) is 2.95. The maximum Gasteiger partial charge on any atom is 0.115 e. The first-order valence-electron chi connectivity index (χ1n) is 3.88. The van der Waals surface area contributed by atoms with E-state index in [2.05, 4.69) is 11.1 Å². The lowest BCUT2D eigenvalue weighted by Gasteiger charge is -2.06. The van der Waals surface area contributed by atoms with E-state index in [1.165, 1.54) is 11.8 Å². The summed E-state index contributed by atoms with van der Waals surface area (Å²) in [6.07, 6.45) is 2.21.